The van der Waals surface area contributed by atoms with Crippen LogP contribution in [0.15, 0.2) is 60.7 Å². The van der Waals surface area contributed by atoms with E-state index in [1.807, 2.05) is 0 Å². The SMILES string of the molecule is CCCCCC1CCC(CCC(F)(F)Oc2ccc(-c3cc(F)c(-c4ccc(F)cc4)c(F)c3)cc2)CC1. The third-order valence-electron chi connectivity index (χ3n) is 7.66. The van der Waals surface area contributed by atoms with E-state index in [0.29, 0.717) is 17.9 Å². The lowest BCUT2D eigenvalue weighted by Crippen LogP contribution is -2.26. The van der Waals surface area contributed by atoms with Gasteiger partial charge < -0.3 is 4.74 Å². The molecule has 1 aliphatic rings. The van der Waals surface area contributed by atoms with Crippen molar-refractivity contribution in [1.82, 2.24) is 0 Å². The molecule has 0 N–H and O–H groups in total. The molecule has 0 saturated heterocycles. The van der Waals surface area contributed by atoms with E-state index in [9.17, 15) is 22.0 Å². The minimum absolute atomic E-state index is 0.00209. The fourth-order valence-electron chi connectivity index (χ4n) is 5.44. The van der Waals surface area contributed by atoms with Crippen molar-refractivity contribution < 1.29 is 26.7 Å². The molecule has 1 nitrogen and oxygen atoms in total. The Hall–Kier alpha value is -2.89. The molecule has 0 heterocycles. The van der Waals surface area contributed by atoms with Crippen LogP contribution in [0.2, 0.25) is 0 Å². The lowest BCUT2D eigenvalue weighted by Gasteiger charge is -2.29. The number of alkyl halides is 2. The van der Waals surface area contributed by atoms with Crippen LogP contribution >= 0.6 is 0 Å². The molecular weight excluding hydrogens is 495 g/mol. The molecule has 3 aromatic rings. The van der Waals surface area contributed by atoms with Crippen LogP contribution in [0.25, 0.3) is 22.3 Å². The summed E-state index contributed by atoms with van der Waals surface area (Å²) in [6.45, 7) is 2.20. The lowest BCUT2D eigenvalue weighted by atomic mass is 9.78. The Kier molecular flexibility index (Phi) is 9.45. The Balaban J connectivity index is 1.32. The van der Waals surface area contributed by atoms with Crippen LogP contribution < -0.4 is 4.74 Å². The highest BCUT2D eigenvalue weighted by atomic mass is 19.3. The van der Waals surface area contributed by atoms with Crippen LogP contribution in [0.4, 0.5) is 22.0 Å². The van der Waals surface area contributed by atoms with Gasteiger partial charge in [0.15, 0.2) is 0 Å². The van der Waals surface area contributed by atoms with E-state index in [0.717, 1.165) is 43.7 Å². The molecule has 6 heteroatoms. The van der Waals surface area contributed by atoms with Crippen molar-refractivity contribution in [3.05, 3.63) is 78.1 Å². The number of halogens is 5. The molecule has 1 aliphatic carbocycles. The Labute approximate surface area is 222 Å². The zero-order chi connectivity index (χ0) is 27.1. The van der Waals surface area contributed by atoms with Gasteiger partial charge in [-0.2, -0.15) is 8.78 Å². The Morgan fingerprint density at radius 2 is 1.26 bits per heavy atom. The second kappa shape index (κ2) is 12.8. The number of unbranched alkanes of at least 4 members (excludes halogenated alkanes) is 2. The lowest BCUT2D eigenvalue weighted by molar-refractivity contribution is -0.183. The normalized spacial score (nSPS) is 17.9. The van der Waals surface area contributed by atoms with Gasteiger partial charge in [-0.1, -0.05) is 82.6 Å². The maximum atomic E-state index is 14.8. The first-order chi connectivity index (χ1) is 18.2. The first kappa shape index (κ1) is 28.1. The number of benzene rings is 3. The summed E-state index contributed by atoms with van der Waals surface area (Å²) in [5.41, 5.74) is 0.687. The molecule has 1 saturated carbocycles. The Bertz CT molecular complexity index is 1140. The summed E-state index contributed by atoms with van der Waals surface area (Å²) in [7, 11) is 0. The van der Waals surface area contributed by atoms with Crippen LogP contribution in [0.5, 0.6) is 5.75 Å². The fourth-order valence-corrected chi connectivity index (χ4v) is 5.44. The second-order valence-corrected chi connectivity index (χ2v) is 10.5. The zero-order valence-electron chi connectivity index (χ0n) is 21.8. The van der Waals surface area contributed by atoms with E-state index in [1.54, 1.807) is 0 Å². The molecule has 0 aliphatic heterocycles. The summed E-state index contributed by atoms with van der Waals surface area (Å²) in [4.78, 5) is 0. The molecule has 4 rings (SSSR count). The van der Waals surface area contributed by atoms with E-state index in [2.05, 4.69) is 6.92 Å². The average molecular weight is 531 g/mol. The van der Waals surface area contributed by atoms with Gasteiger partial charge in [0.05, 0.1) is 12.0 Å². The molecule has 0 aromatic heterocycles. The third kappa shape index (κ3) is 7.58. The van der Waals surface area contributed by atoms with Gasteiger partial charge in [-0.05, 0) is 71.3 Å². The number of ether oxygens (including phenoxy) is 1. The summed E-state index contributed by atoms with van der Waals surface area (Å²) in [5.74, 6) is -1.03. The highest BCUT2D eigenvalue weighted by Crippen LogP contribution is 2.37. The van der Waals surface area contributed by atoms with Crippen molar-refractivity contribution in [1.29, 1.82) is 0 Å². The molecule has 0 atom stereocenters. The van der Waals surface area contributed by atoms with Crippen molar-refractivity contribution >= 4 is 0 Å². The van der Waals surface area contributed by atoms with Crippen molar-refractivity contribution in [2.75, 3.05) is 0 Å². The van der Waals surface area contributed by atoms with Crippen molar-refractivity contribution in [3.8, 4) is 28.0 Å². The van der Waals surface area contributed by atoms with Gasteiger partial charge in [0.1, 0.15) is 23.2 Å². The van der Waals surface area contributed by atoms with E-state index in [4.69, 9.17) is 4.74 Å². The largest absolute Gasteiger partial charge is 0.433 e. The highest BCUT2D eigenvalue weighted by Gasteiger charge is 2.33. The average Bonchev–Trinajstić information content (AvgIpc) is 2.89. The summed E-state index contributed by atoms with van der Waals surface area (Å²) in [5, 5.41) is 0. The standard InChI is InChI=1S/C32H35F5O/c1-2-3-4-5-22-6-8-23(9-7-22)18-19-32(36,37)38-28-16-12-24(13-17-28)26-20-29(34)31(30(35)21-26)25-10-14-27(33)15-11-25/h10-17,20-23H,2-9,18-19H2,1H3. The zero-order valence-corrected chi connectivity index (χ0v) is 21.8. The fraction of sp³-hybridized carbons (Fsp3) is 0.438. The summed E-state index contributed by atoms with van der Waals surface area (Å²) >= 11 is 0. The van der Waals surface area contributed by atoms with E-state index >= 15 is 0 Å². The molecule has 3 aromatic carbocycles. The Morgan fingerprint density at radius 3 is 1.84 bits per heavy atom. The predicted octanol–water partition coefficient (Wildman–Crippen LogP) is 10.6. The summed E-state index contributed by atoms with van der Waals surface area (Å²) in [6, 6.07) is 13.0. The van der Waals surface area contributed by atoms with Gasteiger partial charge in [0.25, 0.3) is 0 Å². The van der Waals surface area contributed by atoms with E-state index in [-0.39, 0.29) is 28.9 Å². The van der Waals surface area contributed by atoms with Crippen LogP contribution in [0.1, 0.15) is 71.1 Å². The first-order valence-electron chi connectivity index (χ1n) is 13.7. The van der Waals surface area contributed by atoms with E-state index < -0.39 is 23.6 Å². The topological polar surface area (TPSA) is 9.23 Å². The molecule has 0 bridgehead atoms. The smallest absolute Gasteiger partial charge is 0.397 e. The summed E-state index contributed by atoms with van der Waals surface area (Å²) in [6.07, 6.45) is 6.11. The molecule has 1 fully saturated rings. The quantitative estimate of drug-likeness (QED) is 0.177. The van der Waals surface area contributed by atoms with Gasteiger partial charge in [-0.25, -0.2) is 13.2 Å². The maximum absolute atomic E-state index is 14.8. The minimum atomic E-state index is -3.28. The van der Waals surface area contributed by atoms with E-state index in [1.165, 1.54) is 74.2 Å². The van der Waals surface area contributed by atoms with Crippen LogP contribution in [0.3, 0.4) is 0 Å². The molecule has 0 amide bonds. The van der Waals surface area contributed by atoms with Crippen LogP contribution in [-0.2, 0) is 0 Å². The van der Waals surface area contributed by atoms with Gasteiger partial charge in [-0.15, -0.1) is 0 Å². The van der Waals surface area contributed by atoms with Gasteiger partial charge in [0.2, 0.25) is 0 Å². The number of rotatable bonds is 11. The van der Waals surface area contributed by atoms with Crippen LogP contribution in [-0.4, -0.2) is 6.11 Å². The molecule has 38 heavy (non-hydrogen) atoms. The minimum Gasteiger partial charge on any atom is -0.433 e. The molecule has 204 valence electrons. The number of hydrogen-bond donors (Lipinski definition) is 0. The van der Waals surface area contributed by atoms with Crippen molar-refractivity contribution in [2.24, 2.45) is 11.8 Å². The van der Waals surface area contributed by atoms with Crippen LogP contribution in [0, 0.1) is 29.3 Å². The Morgan fingerprint density at radius 1 is 0.711 bits per heavy atom. The molecule has 0 spiro atoms. The first-order valence-corrected chi connectivity index (χ1v) is 13.7. The highest BCUT2D eigenvalue weighted by molar-refractivity contribution is 5.72. The monoisotopic (exact) mass is 530 g/mol. The summed E-state index contributed by atoms with van der Waals surface area (Å²) < 4.78 is 76.8. The predicted molar refractivity (Wildman–Crippen MR) is 142 cm³/mol. The van der Waals surface area contributed by atoms with Gasteiger partial charge in [0, 0.05) is 0 Å². The molecule has 0 unspecified atom stereocenters. The molecule has 0 radical (unpaired) electrons. The van der Waals surface area contributed by atoms with Gasteiger partial charge in [-0.3, -0.25) is 0 Å². The third-order valence-corrected chi connectivity index (χ3v) is 7.66. The second-order valence-electron chi connectivity index (χ2n) is 10.5. The maximum Gasteiger partial charge on any atom is 0.397 e. The van der Waals surface area contributed by atoms with Crippen molar-refractivity contribution in [3.63, 3.8) is 0 Å². The van der Waals surface area contributed by atoms with Gasteiger partial charge >= 0.3 is 6.11 Å². The van der Waals surface area contributed by atoms with Crippen molar-refractivity contribution in [2.45, 2.75) is 77.2 Å². The molecular formula is C32H35F5O. The number of hydrogen-bond acceptors (Lipinski definition) is 1.